The van der Waals surface area contributed by atoms with Gasteiger partial charge in [0.1, 0.15) is 6.23 Å². The van der Waals surface area contributed by atoms with E-state index in [1.54, 1.807) is 18.3 Å². The summed E-state index contributed by atoms with van der Waals surface area (Å²) in [4.78, 5) is 16.8. The number of aromatic nitrogens is 1. The standard InChI is InChI=1S/C20H25N3O2/c1-20(2,3)23-19(25)17-12-16(8-9-21-17)22-18(24)15-10-13-6-4-5-7-14(13)11-15/h4-9,12,15,19,23,25H,10-11H2,1-3H3,(H,21,22,24). The summed E-state index contributed by atoms with van der Waals surface area (Å²) >= 11 is 0. The summed E-state index contributed by atoms with van der Waals surface area (Å²) in [5.41, 5.74) is 3.41. The number of pyridine rings is 1. The molecular weight excluding hydrogens is 314 g/mol. The van der Waals surface area contributed by atoms with E-state index >= 15 is 0 Å². The van der Waals surface area contributed by atoms with Crippen LogP contribution in [0.3, 0.4) is 0 Å². The van der Waals surface area contributed by atoms with E-state index in [0.717, 1.165) is 12.8 Å². The summed E-state index contributed by atoms with van der Waals surface area (Å²) in [7, 11) is 0. The molecule has 1 aromatic carbocycles. The van der Waals surface area contributed by atoms with Gasteiger partial charge in [0, 0.05) is 23.3 Å². The van der Waals surface area contributed by atoms with Crippen LogP contribution in [0, 0.1) is 5.92 Å². The van der Waals surface area contributed by atoms with Gasteiger partial charge >= 0.3 is 0 Å². The third-order valence-corrected chi connectivity index (χ3v) is 4.32. The molecule has 1 aliphatic carbocycles. The molecule has 1 aliphatic rings. The topological polar surface area (TPSA) is 74.2 Å². The minimum atomic E-state index is -0.882. The van der Waals surface area contributed by atoms with Gasteiger partial charge in [-0.1, -0.05) is 24.3 Å². The smallest absolute Gasteiger partial charge is 0.228 e. The van der Waals surface area contributed by atoms with E-state index < -0.39 is 6.23 Å². The highest BCUT2D eigenvalue weighted by Crippen LogP contribution is 2.27. The van der Waals surface area contributed by atoms with Crippen LogP contribution in [0.5, 0.6) is 0 Å². The highest BCUT2D eigenvalue weighted by molar-refractivity contribution is 5.93. The average Bonchev–Trinajstić information content (AvgIpc) is 2.98. The number of aliphatic hydroxyl groups is 1. The highest BCUT2D eigenvalue weighted by atomic mass is 16.3. The fourth-order valence-corrected chi connectivity index (χ4v) is 3.15. The quantitative estimate of drug-likeness (QED) is 0.749. The Bertz CT molecular complexity index is 743. The predicted molar refractivity (Wildman–Crippen MR) is 98.1 cm³/mol. The number of carbonyl (C=O) groups excluding carboxylic acids is 1. The van der Waals surface area contributed by atoms with E-state index in [1.165, 1.54) is 11.1 Å². The Kier molecular flexibility index (Phi) is 4.88. The Hall–Kier alpha value is -2.24. The van der Waals surface area contributed by atoms with Crippen molar-refractivity contribution < 1.29 is 9.90 Å². The Morgan fingerprint density at radius 3 is 2.44 bits per heavy atom. The first-order chi connectivity index (χ1) is 11.8. The summed E-state index contributed by atoms with van der Waals surface area (Å²) in [6, 6.07) is 11.6. The van der Waals surface area contributed by atoms with Crippen molar-refractivity contribution >= 4 is 11.6 Å². The highest BCUT2D eigenvalue weighted by Gasteiger charge is 2.27. The molecule has 0 aliphatic heterocycles. The number of nitrogens with one attached hydrogen (secondary N) is 2. The number of benzene rings is 1. The molecule has 2 aromatic rings. The third-order valence-electron chi connectivity index (χ3n) is 4.32. The predicted octanol–water partition coefficient (Wildman–Crippen LogP) is 2.81. The lowest BCUT2D eigenvalue weighted by atomic mass is 10.1. The second-order valence-corrected chi connectivity index (χ2v) is 7.63. The maximum absolute atomic E-state index is 12.6. The molecule has 0 radical (unpaired) electrons. The van der Waals surface area contributed by atoms with E-state index in [4.69, 9.17) is 0 Å². The molecule has 0 fully saturated rings. The number of fused-ring (bicyclic) bond motifs is 1. The van der Waals surface area contributed by atoms with E-state index in [0.29, 0.717) is 11.4 Å². The van der Waals surface area contributed by atoms with Gasteiger partial charge in [0.2, 0.25) is 5.91 Å². The molecule has 0 spiro atoms. The van der Waals surface area contributed by atoms with Gasteiger partial charge in [0.25, 0.3) is 0 Å². The maximum Gasteiger partial charge on any atom is 0.228 e. The van der Waals surface area contributed by atoms with Crippen LogP contribution in [0.15, 0.2) is 42.6 Å². The Morgan fingerprint density at radius 2 is 1.84 bits per heavy atom. The fraction of sp³-hybridized carbons (Fsp3) is 0.400. The molecule has 3 N–H and O–H groups in total. The minimum Gasteiger partial charge on any atom is -0.373 e. The van der Waals surface area contributed by atoms with Crippen molar-refractivity contribution in [2.45, 2.75) is 45.4 Å². The van der Waals surface area contributed by atoms with Gasteiger partial charge in [0.05, 0.1) is 5.69 Å². The molecule has 0 bridgehead atoms. The van der Waals surface area contributed by atoms with Gasteiger partial charge in [-0.15, -0.1) is 0 Å². The number of rotatable bonds is 4. The molecule has 1 atom stereocenters. The number of amides is 1. The summed E-state index contributed by atoms with van der Waals surface area (Å²) in [6.45, 7) is 5.92. The molecule has 5 heteroatoms. The van der Waals surface area contributed by atoms with Gasteiger partial charge in [-0.2, -0.15) is 0 Å². The number of anilines is 1. The summed E-state index contributed by atoms with van der Waals surface area (Å²) < 4.78 is 0. The number of hydrogen-bond donors (Lipinski definition) is 3. The van der Waals surface area contributed by atoms with Crippen molar-refractivity contribution in [1.29, 1.82) is 0 Å². The van der Waals surface area contributed by atoms with Crippen LogP contribution in [-0.4, -0.2) is 21.5 Å². The first-order valence-electron chi connectivity index (χ1n) is 8.61. The summed E-state index contributed by atoms with van der Waals surface area (Å²) in [6.07, 6.45) is 2.26. The van der Waals surface area contributed by atoms with Gasteiger partial charge in [-0.3, -0.25) is 15.1 Å². The van der Waals surface area contributed by atoms with Crippen LogP contribution in [0.4, 0.5) is 5.69 Å². The second kappa shape index (κ2) is 6.94. The number of aliphatic hydroxyl groups excluding tert-OH is 1. The Labute approximate surface area is 148 Å². The van der Waals surface area contributed by atoms with E-state index in [1.807, 2.05) is 32.9 Å². The van der Waals surface area contributed by atoms with Crippen LogP contribution in [-0.2, 0) is 17.6 Å². The van der Waals surface area contributed by atoms with Crippen LogP contribution < -0.4 is 10.6 Å². The maximum atomic E-state index is 12.6. The van der Waals surface area contributed by atoms with Gasteiger partial charge < -0.3 is 10.4 Å². The van der Waals surface area contributed by atoms with Crippen molar-refractivity contribution in [2.24, 2.45) is 5.92 Å². The van der Waals surface area contributed by atoms with Crippen LogP contribution in [0.25, 0.3) is 0 Å². The van der Waals surface area contributed by atoms with E-state index in [2.05, 4.69) is 27.8 Å². The van der Waals surface area contributed by atoms with Crippen molar-refractivity contribution in [3.05, 3.63) is 59.4 Å². The van der Waals surface area contributed by atoms with Crippen molar-refractivity contribution in [3.63, 3.8) is 0 Å². The number of nitrogens with zero attached hydrogens (tertiary/aromatic N) is 1. The van der Waals surface area contributed by atoms with Crippen molar-refractivity contribution in [1.82, 2.24) is 10.3 Å². The molecule has 25 heavy (non-hydrogen) atoms. The normalized spacial score (nSPS) is 15.7. The Balaban J connectivity index is 1.66. The second-order valence-electron chi connectivity index (χ2n) is 7.63. The third kappa shape index (κ3) is 4.44. The molecule has 3 rings (SSSR count). The first-order valence-corrected chi connectivity index (χ1v) is 8.61. The molecular formula is C20H25N3O2. The largest absolute Gasteiger partial charge is 0.373 e. The number of hydrogen-bond acceptors (Lipinski definition) is 4. The summed E-state index contributed by atoms with van der Waals surface area (Å²) in [5, 5.41) is 16.3. The lowest BCUT2D eigenvalue weighted by Gasteiger charge is -2.25. The van der Waals surface area contributed by atoms with Crippen LogP contribution in [0.1, 0.15) is 43.8 Å². The van der Waals surface area contributed by atoms with Crippen molar-refractivity contribution in [2.75, 3.05) is 5.32 Å². The lowest BCUT2D eigenvalue weighted by molar-refractivity contribution is -0.119. The molecule has 5 nitrogen and oxygen atoms in total. The lowest BCUT2D eigenvalue weighted by Crippen LogP contribution is -2.39. The average molecular weight is 339 g/mol. The van der Waals surface area contributed by atoms with Crippen LogP contribution >= 0.6 is 0 Å². The zero-order chi connectivity index (χ0) is 18.0. The van der Waals surface area contributed by atoms with Gasteiger partial charge in [0.15, 0.2) is 0 Å². The molecule has 132 valence electrons. The molecule has 1 heterocycles. The van der Waals surface area contributed by atoms with Crippen LogP contribution in [0.2, 0.25) is 0 Å². The number of carbonyl (C=O) groups is 1. The van der Waals surface area contributed by atoms with Gasteiger partial charge in [-0.25, -0.2) is 0 Å². The molecule has 1 unspecified atom stereocenters. The van der Waals surface area contributed by atoms with E-state index in [-0.39, 0.29) is 17.4 Å². The SMILES string of the molecule is CC(C)(C)NC(O)c1cc(NC(=O)C2Cc3ccccc3C2)ccn1. The monoisotopic (exact) mass is 339 g/mol. The zero-order valence-electron chi connectivity index (χ0n) is 14.9. The Morgan fingerprint density at radius 1 is 1.20 bits per heavy atom. The minimum absolute atomic E-state index is 0.00613. The molecule has 1 aromatic heterocycles. The van der Waals surface area contributed by atoms with Gasteiger partial charge in [-0.05, 0) is 56.9 Å². The van der Waals surface area contributed by atoms with E-state index in [9.17, 15) is 9.90 Å². The molecule has 1 amide bonds. The fourth-order valence-electron chi connectivity index (χ4n) is 3.15. The molecule has 0 saturated heterocycles. The van der Waals surface area contributed by atoms with Crippen molar-refractivity contribution in [3.8, 4) is 0 Å². The zero-order valence-corrected chi connectivity index (χ0v) is 14.9. The molecule has 0 saturated carbocycles. The first kappa shape index (κ1) is 17.6. The summed E-state index contributed by atoms with van der Waals surface area (Å²) in [5.74, 6) is -0.0433.